The molecule has 2 rings (SSSR count). The summed E-state index contributed by atoms with van der Waals surface area (Å²) in [6.45, 7) is 2.10. The van der Waals surface area contributed by atoms with Crippen LogP contribution in [-0.4, -0.2) is 15.0 Å². The minimum atomic E-state index is -0.442. The first-order valence-electron chi connectivity index (χ1n) is 6.86. The predicted octanol–water partition coefficient (Wildman–Crippen LogP) is 2.71. The molecule has 1 aromatic heterocycles. The van der Waals surface area contributed by atoms with Gasteiger partial charge in [-0.05, 0) is 36.1 Å². The van der Waals surface area contributed by atoms with Crippen LogP contribution in [0.15, 0.2) is 35.1 Å². The molecule has 4 nitrogen and oxygen atoms in total. The van der Waals surface area contributed by atoms with Gasteiger partial charge in [-0.15, -0.1) is 0 Å². The lowest BCUT2D eigenvalue weighted by Gasteiger charge is -2.07. The van der Waals surface area contributed by atoms with Gasteiger partial charge in [-0.3, -0.25) is 9.59 Å². The molecule has 0 atom stereocenters. The SMILES string of the molecule is CCc1ccc(-c2cc(CCC(=O)Cl)c(=O)n(C)n2)cc1. The first-order chi connectivity index (χ1) is 10.0. The first kappa shape index (κ1) is 15.4. The van der Waals surface area contributed by atoms with Crippen molar-refractivity contribution in [2.24, 2.45) is 7.05 Å². The first-order valence-corrected chi connectivity index (χ1v) is 7.24. The molecule has 5 heteroatoms. The maximum Gasteiger partial charge on any atom is 0.269 e. The highest BCUT2D eigenvalue weighted by Crippen LogP contribution is 2.18. The summed E-state index contributed by atoms with van der Waals surface area (Å²) in [7, 11) is 1.61. The van der Waals surface area contributed by atoms with E-state index in [-0.39, 0.29) is 12.0 Å². The Hall–Kier alpha value is -1.94. The van der Waals surface area contributed by atoms with E-state index in [9.17, 15) is 9.59 Å². The van der Waals surface area contributed by atoms with E-state index in [1.807, 2.05) is 24.3 Å². The third-order valence-corrected chi connectivity index (χ3v) is 3.58. The monoisotopic (exact) mass is 304 g/mol. The number of benzene rings is 1. The lowest BCUT2D eigenvalue weighted by Crippen LogP contribution is -2.24. The maximum atomic E-state index is 12.0. The maximum absolute atomic E-state index is 12.0. The summed E-state index contributed by atoms with van der Waals surface area (Å²) in [4.78, 5) is 22.9. The molecule has 1 aromatic carbocycles. The number of hydrogen-bond acceptors (Lipinski definition) is 3. The summed E-state index contributed by atoms with van der Waals surface area (Å²) in [6, 6.07) is 9.81. The zero-order valence-corrected chi connectivity index (χ0v) is 12.9. The molecule has 2 aromatic rings. The van der Waals surface area contributed by atoms with Crippen LogP contribution in [0, 0.1) is 0 Å². The van der Waals surface area contributed by atoms with Gasteiger partial charge in [0.2, 0.25) is 5.24 Å². The lowest BCUT2D eigenvalue weighted by atomic mass is 10.1. The molecule has 0 unspecified atom stereocenters. The molecular formula is C16H17ClN2O2. The smallest absolute Gasteiger partial charge is 0.269 e. The quantitative estimate of drug-likeness (QED) is 0.798. The molecule has 0 N–H and O–H groups in total. The zero-order chi connectivity index (χ0) is 15.4. The fraction of sp³-hybridized carbons (Fsp3) is 0.312. The standard InChI is InChI=1S/C16H17ClN2O2/c1-3-11-4-6-12(7-5-11)14-10-13(8-9-15(17)20)16(21)19(2)18-14/h4-7,10H,3,8-9H2,1-2H3. The van der Waals surface area contributed by atoms with E-state index in [1.165, 1.54) is 10.2 Å². The van der Waals surface area contributed by atoms with Crippen molar-refractivity contribution < 1.29 is 4.79 Å². The van der Waals surface area contributed by atoms with Crippen molar-refractivity contribution in [2.45, 2.75) is 26.2 Å². The van der Waals surface area contributed by atoms with Crippen LogP contribution >= 0.6 is 11.6 Å². The van der Waals surface area contributed by atoms with E-state index in [2.05, 4.69) is 12.0 Å². The zero-order valence-electron chi connectivity index (χ0n) is 12.1. The summed E-state index contributed by atoms with van der Waals surface area (Å²) < 4.78 is 1.30. The molecule has 0 aliphatic rings. The Morgan fingerprint density at radius 2 is 1.95 bits per heavy atom. The van der Waals surface area contributed by atoms with Crippen LogP contribution in [0.3, 0.4) is 0 Å². The second-order valence-corrected chi connectivity index (χ2v) is 5.31. The predicted molar refractivity (Wildman–Crippen MR) is 83.5 cm³/mol. The molecule has 0 saturated heterocycles. The Morgan fingerprint density at radius 3 is 2.52 bits per heavy atom. The summed E-state index contributed by atoms with van der Waals surface area (Å²) in [6.07, 6.45) is 1.46. The third kappa shape index (κ3) is 3.79. The van der Waals surface area contributed by atoms with Crippen LogP contribution in [0.2, 0.25) is 0 Å². The van der Waals surface area contributed by atoms with E-state index in [1.54, 1.807) is 13.1 Å². The number of carbonyl (C=O) groups is 1. The Morgan fingerprint density at radius 1 is 1.29 bits per heavy atom. The molecule has 1 heterocycles. The van der Waals surface area contributed by atoms with Gasteiger partial charge < -0.3 is 0 Å². The molecule has 0 aliphatic heterocycles. The van der Waals surface area contributed by atoms with Crippen LogP contribution in [0.1, 0.15) is 24.5 Å². The minimum Gasteiger partial charge on any atom is -0.281 e. The Balaban J connectivity index is 2.39. The van der Waals surface area contributed by atoms with Crippen LogP contribution in [-0.2, 0) is 24.7 Å². The van der Waals surface area contributed by atoms with Gasteiger partial charge in [0.15, 0.2) is 0 Å². The molecular weight excluding hydrogens is 288 g/mol. The number of halogens is 1. The number of carbonyl (C=O) groups excluding carboxylic acids is 1. The van der Waals surface area contributed by atoms with Crippen LogP contribution in [0.4, 0.5) is 0 Å². The van der Waals surface area contributed by atoms with E-state index < -0.39 is 5.24 Å². The van der Waals surface area contributed by atoms with Crippen molar-refractivity contribution in [1.29, 1.82) is 0 Å². The molecule has 0 spiro atoms. The van der Waals surface area contributed by atoms with Crippen LogP contribution in [0.25, 0.3) is 11.3 Å². The lowest BCUT2D eigenvalue weighted by molar-refractivity contribution is -0.111. The van der Waals surface area contributed by atoms with Crippen molar-refractivity contribution in [2.75, 3.05) is 0 Å². The summed E-state index contributed by atoms with van der Waals surface area (Å²) >= 11 is 5.35. The highest BCUT2D eigenvalue weighted by molar-refractivity contribution is 6.63. The van der Waals surface area contributed by atoms with Gasteiger partial charge in [0.1, 0.15) is 0 Å². The van der Waals surface area contributed by atoms with E-state index in [4.69, 9.17) is 11.6 Å². The summed E-state index contributed by atoms with van der Waals surface area (Å²) in [5.41, 5.74) is 3.27. The van der Waals surface area contributed by atoms with Gasteiger partial charge in [-0.1, -0.05) is 31.2 Å². The average Bonchev–Trinajstić information content (AvgIpc) is 2.48. The topological polar surface area (TPSA) is 52.0 Å². The number of aryl methyl sites for hydroxylation is 3. The van der Waals surface area contributed by atoms with Crippen molar-refractivity contribution in [3.8, 4) is 11.3 Å². The van der Waals surface area contributed by atoms with Crippen molar-refractivity contribution >= 4 is 16.8 Å². The minimum absolute atomic E-state index is 0.148. The number of rotatable bonds is 5. The average molecular weight is 305 g/mol. The molecule has 0 fully saturated rings. The second-order valence-electron chi connectivity index (χ2n) is 4.89. The van der Waals surface area contributed by atoms with Gasteiger partial charge in [0.05, 0.1) is 5.69 Å². The Bertz CT molecular complexity index is 705. The van der Waals surface area contributed by atoms with E-state index in [0.29, 0.717) is 12.0 Å². The highest BCUT2D eigenvalue weighted by atomic mass is 35.5. The highest BCUT2D eigenvalue weighted by Gasteiger charge is 2.09. The van der Waals surface area contributed by atoms with Crippen molar-refractivity contribution in [1.82, 2.24) is 9.78 Å². The van der Waals surface area contributed by atoms with Crippen molar-refractivity contribution in [3.63, 3.8) is 0 Å². The molecule has 0 bridgehead atoms. The molecule has 0 radical (unpaired) electrons. The molecule has 0 amide bonds. The largest absolute Gasteiger partial charge is 0.281 e. The normalized spacial score (nSPS) is 10.6. The van der Waals surface area contributed by atoms with Gasteiger partial charge in [-0.2, -0.15) is 5.10 Å². The van der Waals surface area contributed by atoms with Crippen LogP contribution < -0.4 is 5.56 Å². The van der Waals surface area contributed by atoms with Gasteiger partial charge in [0.25, 0.3) is 5.56 Å². The van der Waals surface area contributed by atoms with Crippen molar-refractivity contribution in [3.05, 3.63) is 51.8 Å². The molecule has 21 heavy (non-hydrogen) atoms. The van der Waals surface area contributed by atoms with Gasteiger partial charge >= 0.3 is 0 Å². The third-order valence-electron chi connectivity index (χ3n) is 3.39. The number of aromatic nitrogens is 2. The second kappa shape index (κ2) is 6.68. The van der Waals surface area contributed by atoms with E-state index >= 15 is 0 Å². The number of hydrogen-bond donors (Lipinski definition) is 0. The summed E-state index contributed by atoms with van der Waals surface area (Å²) in [5.74, 6) is 0. The fourth-order valence-electron chi connectivity index (χ4n) is 2.13. The van der Waals surface area contributed by atoms with E-state index in [0.717, 1.165) is 17.7 Å². The van der Waals surface area contributed by atoms with Gasteiger partial charge in [0, 0.05) is 24.6 Å². The fourth-order valence-corrected chi connectivity index (χ4v) is 2.23. The van der Waals surface area contributed by atoms with Crippen LogP contribution in [0.5, 0.6) is 0 Å². The Kier molecular flexibility index (Phi) is 4.91. The number of nitrogens with zero attached hydrogens (tertiary/aromatic N) is 2. The Labute approximate surface area is 128 Å². The molecule has 0 saturated carbocycles. The molecule has 110 valence electrons. The summed E-state index contributed by atoms with van der Waals surface area (Å²) in [5, 5.41) is 3.83. The van der Waals surface area contributed by atoms with Gasteiger partial charge in [-0.25, -0.2) is 4.68 Å². The molecule has 0 aliphatic carbocycles.